The van der Waals surface area contributed by atoms with E-state index in [1.807, 2.05) is 6.92 Å². The van der Waals surface area contributed by atoms with Gasteiger partial charge in [-0.2, -0.15) is 0 Å². The Kier molecular flexibility index (Phi) is 4.48. The van der Waals surface area contributed by atoms with E-state index in [-0.39, 0.29) is 10.6 Å². The Hall–Kier alpha value is -1.67. The standard InChI is InChI=1S/C13H19N3O4S/c1-3-14-12-7-6-11(8-13(12)16(17)18)21(19,20)15(2)9-10-4-5-10/h6-8,10,14H,3-5,9H2,1-2H3. The van der Waals surface area contributed by atoms with Gasteiger partial charge in [-0.1, -0.05) is 0 Å². The van der Waals surface area contributed by atoms with Crippen LogP contribution in [0.1, 0.15) is 19.8 Å². The van der Waals surface area contributed by atoms with E-state index in [4.69, 9.17) is 0 Å². The van der Waals surface area contributed by atoms with Crippen molar-refractivity contribution in [2.24, 2.45) is 5.92 Å². The lowest BCUT2D eigenvalue weighted by Gasteiger charge is -2.17. The third-order valence-corrected chi connectivity index (χ3v) is 5.27. The van der Waals surface area contributed by atoms with Crippen LogP contribution in [0.15, 0.2) is 23.1 Å². The molecular weight excluding hydrogens is 294 g/mol. The first kappa shape index (κ1) is 15.7. The molecule has 0 amide bonds. The van der Waals surface area contributed by atoms with Gasteiger partial charge in [0.2, 0.25) is 10.0 Å². The largest absolute Gasteiger partial charge is 0.380 e. The molecule has 1 aromatic carbocycles. The molecule has 8 heteroatoms. The Balaban J connectivity index is 2.34. The first-order chi connectivity index (χ1) is 9.86. The fourth-order valence-corrected chi connectivity index (χ4v) is 3.37. The van der Waals surface area contributed by atoms with Gasteiger partial charge in [0, 0.05) is 26.2 Å². The molecule has 0 spiro atoms. The molecule has 1 aliphatic rings. The van der Waals surface area contributed by atoms with Crippen molar-refractivity contribution >= 4 is 21.4 Å². The smallest absolute Gasteiger partial charge is 0.293 e. The maximum absolute atomic E-state index is 12.4. The van der Waals surface area contributed by atoms with Crippen LogP contribution in [-0.2, 0) is 10.0 Å². The molecule has 0 saturated heterocycles. The first-order valence-corrected chi connectivity index (χ1v) is 8.29. The predicted octanol–water partition coefficient (Wildman–Crippen LogP) is 2.06. The second-order valence-corrected chi connectivity index (χ2v) is 7.24. The quantitative estimate of drug-likeness (QED) is 0.614. The van der Waals surface area contributed by atoms with Crippen LogP contribution in [0.4, 0.5) is 11.4 Å². The minimum atomic E-state index is -3.68. The van der Waals surface area contributed by atoms with E-state index in [2.05, 4.69) is 5.32 Å². The van der Waals surface area contributed by atoms with Crippen LogP contribution < -0.4 is 5.32 Å². The SMILES string of the molecule is CCNc1ccc(S(=O)(=O)N(C)CC2CC2)cc1[N+](=O)[O-]. The van der Waals surface area contributed by atoms with Crippen LogP contribution in [0.5, 0.6) is 0 Å². The van der Waals surface area contributed by atoms with Crippen molar-refractivity contribution in [1.29, 1.82) is 0 Å². The fourth-order valence-electron chi connectivity index (χ4n) is 2.11. The summed E-state index contributed by atoms with van der Waals surface area (Å²) in [6, 6.07) is 3.97. The summed E-state index contributed by atoms with van der Waals surface area (Å²) in [5.41, 5.74) is 0.101. The van der Waals surface area contributed by atoms with E-state index in [1.165, 1.54) is 23.5 Å². The summed E-state index contributed by atoms with van der Waals surface area (Å²) in [5, 5.41) is 13.9. The molecule has 0 radical (unpaired) electrons. The molecule has 116 valence electrons. The van der Waals surface area contributed by atoms with Gasteiger partial charge in [-0.05, 0) is 37.8 Å². The van der Waals surface area contributed by atoms with Gasteiger partial charge >= 0.3 is 0 Å². The molecule has 0 aliphatic heterocycles. The zero-order valence-corrected chi connectivity index (χ0v) is 12.9. The molecule has 0 unspecified atom stereocenters. The predicted molar refractivity (Wildman–Crippen MR) is 79.8 cm³/mol. The van der Waals surface area contributed by atoms with Crippen molar-refractivity contribution in [2.45, 2.75) is 24.7 Å². The number of nitro benzene ring substituents is 1. The van der Waals surface area contributed by atoms with Crippen LogP contribution in [-0.4, -0.2) is 37.8 Å². The lowest BCUT2D eigenvalue weighted by Crippen LogP contribution is -2.29. The topological polar surface area (TPSA) is 92.6 Å². The van der Waals surface area contributed by atoms with Crippen molar-refractivity contribution in [3.8, 4) is 0 Å². The number of nitro groups is 1. The fraction of sp³-hybridized carbons (Fsp3) is 0.538. The third-order valence-electron chi connectivity index (χ3n) is 3.45. The maximum atomic E-state index is 12.4. The Bertz CT molecular complexity index is 641. The summed E-state index contributed by atoms with van der Waals surface area (Å²) in [7, 11) is -2.17. The summed E-state index contributed by atoms with van der Waals surface area (Å²) in [4.78, 5) is 10.5. The van der Waals surface area contributed by atoms with Crippen molar-refractivity contribution < 1.29 is 13.3 Å². The Morgan fingerprint density at radius 1 is 1.43 bits per heavy atom. The van der Waals surface area contributed by atoms with Gasteiger partial charge in [-0.3, -0.25) is 10.1 Å². The highest BCUT2D eigenvalue weighted by Gasteiger charge is 2.30. The third kappa shape index (κ3) is 3.51. The van der Waals surface area contributed by atoms with Crippen molar-refractivity contribution in [3.05, 3.63) is 28.3 Å². The molecule has 0 heterocycles. The molecule has 0 atom stereocenters. The molecule has 0 aromatic heterocycles. The highest BCUT2D eigenvalue weighted by atomic mass is 32.2. The maximum Gasteiger partial charge on any atom is 0.293 e. The van der Waals surface area contributed by atoms with E-state index >= 15 is 0 Å². The zero-order valence-electron chi connectivity index (χ0n) is 12.1. The number of sulfonamides is 1. The van der Waals surface area contributed by atoms with Gasteiger partial charge in [0.1, 0.15) is 5.69 Å². The first-order valence-electron chi connectivity index (χ1n) is 6.85. The number of hydrogen-bond acceptors (Lipinski definition) is 5. The normalized spacial score (nSPS) is 15.2. The molecule has 21 heavy (non-hydrogen) atoms. The second-order valence-electron chi connectivity index (χ2n) is 5.20. The number of benzene rings is 1. The monoisotopic (exact) mass is 313 g/mol. The number of hydrogen-bond donors (Lipinski definition) is 1. The molecule has 1 fully saturated rings. The molecule has 7 nitrogen and oxygen atoms in total. The van der Waals surface area contributed by atoms with Crippen molar-refractivity contribution in [3.63, 3.8) is 0 Å². The summed E-state index contributed by atoms with van der Waals surface area (Å²) in [6.07, 6.45) is 2.08. The summed E-state index contributed by atoms with van der Waals surface area (Å²) < 4.78 is 26.1. The van der Waals surface area contributed by atoms with Gasteiger partial charge in [0.15, 0.2) is 0 Å². The van der Waals surface area contributed by atoms with Crippen LogP contribution in [0.25, 0.3) is 0 Å². The number of rotatable bonds is 7. The molecule has 1 aliphatic carbocycles. The van der Waals surface area contributed by atoms with Gasteiger partial charge in [0.25, 0.3) is 5.69 Å². The highest BCUT2D eigenvalue weighted by Crippen LogP contribution is 2.32. The van der Waals surface area contributed by atoms with E-state index in [0.717, 1.165) is 18.9 Å². The van der Waals surface area contributed by atoms with E-state index in [0.29, 0.717) is 24.7 Å². The molecule has 1 N–H and O–H groups in total. The minimum absolute atomic E-state index is 0.0426. The van der Waals surface area contributed by atoms with Crippen LogP contribution in [0, 0.1) is 16.0 Å². The minimum Gasteiger partial charge on any atom is -0.380 e. The lowest BCUT2D eigenvalue weighted by atomic mass is 10.2. The number of nitrogens with one attached hydrogen (secondary N) is 1. The van der Waals surface area contributed by atoms with Crippen molar-refractivity contribution in [1.82, 2.24) is 4.31 Å². The molecule has 0 bridgehead atoms. The van der Waals surface area contributed by atoms with E-state index < -0.39 is 14.9 Å². The number of anilines is 1. The van der Waals surface area contributed by atoms with E-state index in [9.17, 15) is 18.5 Å². The summed E-state index contributed by atoms with van der Waals surface area (Å²) in [5.74, 6) is 0.417. The molecule has 2 rings (SSSR count). The highest BCUT2D eigenvalue weighted by molar-refractivity contribution is 7.89. The van der Waals surface area contributed by atoms with Crippen LogP contribution in [0.3, 0.4) is 0 Å². The van der Waals surface area contributed by atoms with Crippen LogP contribution >= 0.6 is 0 Å². The number of nitrogens with zero attached hydrogens (tertiary/aromatic N) is 2. The van der Waals surface area contributed by atoms with Gasteiger partial charge in [-0.15, -0.1) is 0 Å². The average Bonchev–Trinajstić information content (AvgIpc) is 3.23. The average molecular weight is 313 g/mol. The molecule has 1 aromatic rings. The van der Waals surface area contributed by atoms with Crippen LogP contribution in [0.2, 0.25) is 0 Å². The second kappa shape index (κ2) is 5.98. The van der Waals surface area contributed by atoms with Gasteiger partial charge in [-0.25, -0.2) is 12.7 Å². The van der Waals surface area contributed by atoms with Crippen molar-refractivity contribution in [2.75, 3.05) is 25.5 Å². The summed E-state index contributed by atoms with van der Waals surface area (Å²) >= 11 is 0. The van der Waals surface area contributed by atoms with Gasteiger partial charge < -0.3 is 5.32 Å². The Labute approximate surface area is 124 Å². The zero-order chi connectivity index (χ0) is 15.6. The molecular formula is C13H19N3O4S. The lowest BCUT2D eigenvalue weighted by molar-refractivity contribution is -0.384. The van der Waals surface area contributed by atoms with Gasteiger partial charge in [0.05, 0.1) is 9.82 Å². The Morgan fingerprint density at radius 2 is 2.10 bits per heavy atom. The molecule has 1 saturated carbocycles. The summed E-state index contributed by atoms with van der Waals surface area (Å²) in [6.45, 7) is 2.80. The van der Waals surface area contributed by atoms with E-state index in [1.54, 1.807) is 0 Å². The Morgan fingerprint density at radius 3 is 2.62 bits per heavy atom.